The molecule has 0 fully saturated rings. The van der Waals surface area contributed by atoms with E-state index in [1.807, 2.05) is 0 Å². The third kappa shape index (κ3) is 8.39. The SMILES string of the molecule is CC(C)CCC(O)CC(C)(O)CC(=O)O. The molecule has 4 nitrogen and oxygen atoms in total. The predicted octanol–water partition coefficient (Wildman–Crippen LogP) is 1.40. The average Bonchev–Trinajstić information content (AvgIpc) is 1.96. The Hall–Kier alpha value is -0.610. The molecular weight excluding hydrogens is 196 g/mol. The maximum absolute atomic E-state index is 10.4. The van der Waals surface area contributed by atoms with E-state index in [2.05, 4.69) is 13.8 Å². The van der Waals surface area contributed by atoms with Crippen molar-refractivity contribution in [3.05, 3.63) is 0 Å². The molecule has 0 spiro atoms. The first-order valence-corrected chi connectivity index (χ1v) is 5.35. The van der Waals surface area contributed by atoms with Gasteiger partial charge in [-0.2, -0.15) is 0 Å². The summed E-state index contributed by atoms with van der Waals surface area (Å²) in [5, 5.41) is 27.8. The van der Waals surface area contributed by atoms with E-state index in [0.717, 1.165) is 6.42 Å². The minimum absolute atomic E-state index is 0.117. The van der Waals surface area contributed by atoms with Crippen LogP contribution in [0, 0.1) is 5.92 Å². The van der Waals surface area contributed by atoms with Crippen molar-refractivity contribution in [1.29, 1.82) is 0 Å². The number of hydrogen-bond acceptors (Lipinski definition) is 3. The lowest BCUT2D eigenvalue weighted by Crippen LogP contribution is -2.32. The van der Waals surface area contributed by atoms with Gasteiger partial charge in [-0.1, -0.05) is 13.8 Å². The molecule has 0 saturated carbocycles. The number of carboxylic acids is 1. The van der Waals surface area contributed by atoms with Gasteiger partial charge in [0, 0.05) is 6.42 Å². The van der Waals surface area contributed by atoms with Crippen molar-refractivity contribution < 1.29 is 20.1 Å². The third-order valence-electron chi connectivity index (χ3n) is 2.28. The van der Waals surface area contributed by atoms with E-state index < -0.39 is 17.7 Å². The number of aliphatic carboxylic acids is 1. The Morgan fingerprint density at radius 2 is 1.87 bits per heavy atom. The summed E-state index contributed by atoms with van der Waals surface area (Å²) < 4.78 is 0. The molecule has 0 amide bonds. The quantitative estimate of drug-likeness (QED) is 0.603. The highest BCUT2D eigenvalue weighted by atomic mass is 16.4. The van der Waals surface area contributed by atoms with Crippen molar-refractivity contribution in [3.8, 4) is 0 Å². The monoisotopic (exact) mass is 218 g/mol. The fraction of sp³-hybridized carbons (Fsp3) is 0.909. The van der Waals surface area contributed by atoms with Gasteiger partial charge < -0.3 is 15.3 Å². The second-order valence-electron chi connectivity index (χ2n) is 4.90. The summed E-state index contributed by atoms with van der Waals surface area (Å²) in [6.45, 7) is 5.56. The van der Waals surface area contributed by atoms with Gasteiger partial charge in [-0.05, 0) is 25.7 Å². The smallest absolute Gasteiger partial charge is 0.306 e. The van der Waals surface area contributed by atoms with E-state index in [9.17, 15) is 15.0 Å². The van der Waals surface area contributed by atoms with Crippen molar-refractivity contribution in [3.63, 3.8) is 0 Å². The van der Waals surface area contributed by atoms with Gasteiger partial charge in [0.1, 0.15) is 0 Å². The molecule has 0 aliphatic rings. The summed E-state index contributed by atoms with van der Waals surface area (Å²) in [6.07, 6.45) is 0.650. The van der Waals surface area contributed by atoms with Gasteiger partial charge in [0.15, 0.2) is 0 Å². The van der Waals surface area contributed by atoms with Crippen LogP contribution >= 0.6 is 0 Å². The lowest BCUT2D eigenvalue weighted by atomic mass is 9.91. The summed E-state index contributed by atoms with van der Waals surface area (Å²) in [6, 6.07) is 0. The molecule has 0 radical (unpaired) electrons. The summed E-state index contributed by atoms with van der Waals surface area (Å²) in [5.74, 6) is -0.542. The molecule has 2 unspecified atom stereocenters. The van der Waals surface area contributed by atoms with Gasteiger partial charge >= 0.3 is 5.97 Å². The van der Waals surface area contributed by atoms with Crippen LogP contribution in [0.25, 0.3) is 0 Å². The number of aliphatic hydroxyl groups is 2. The maximum atomic E-state index is 10.4. The van der Waals surface area contributed by atoms with Crippen LogP contribution in [0.15, 0.2) is 0 Å². The summed E-state index contributed by atoms with van der Waals surface area (Å²) >= 11 is 0. The van der Waals surface area contributed by atoms with Gasteiger partial charge in [-0.3, -0.25) is 4.79 Å². The van der Waals surface area contributed by atoms with Crippen molar-refractivity contribution >= 4 is 5.97 Å². The summed E-state index contributed by atoms with van der Waals surface area (Å²) in [7, 11) is 0. The zero-order valence-corrected chi connectivity index (χ0v) is 9.73. The highest BCUT2D eigenvalue weighted by molar-refractivity contribution is 5.68. The second-order valence-corrected chi connectivity index (χ2v) is 4.90. The molecule has 0 rings (SSSR count). The van der Waals surface area contributed by atoms with Gasteiger partial charge in [0.25, 0.3) is 0 Å². The normalized spacial score (nSPS) is 17.5. The molecule has 0 aliphatic heterocycles. The predicted molar refractivity (Wildman–Crippen MR) is 57.6 cm³/mol. The molecule has 0 aromatic carbocycles. The molecule has 4 heteroatoms. The summed E-state index contributed by atoms with van der Waals surface area (Å²) in [5.41, 5.74) is -1.32. The molecule has 2 atom stereocenters. The van der Waals surface area contributed by atoms with Crippen LogP contribution in [-0.2, 0) is 4.79 Å². The molecule has 90 valence electrons. The Morgan fingerprint density at radius 1 is 1.33 bits per heavy atom. The van der Waals surface area contributed by atoms with Crippen molar-refractivity contribution in [1.82, 2.24) is 0 Å². The molecular formula is C11H22O4. The second kappa shape index (κ2) is 6.08. The third-order valence-corrected chi connectivity index (χ3v) is 2.28. The Labute approximate surface area is 90.9 Å². The molecule has 0 aromatic rings. The standard InChI is InChI=1S/C11H22O4/c1-8(2)4-5-9(12)6-11(3,15)7-10(13)14/h8-9,12,15H,4-7H2,1-3H3,(H,13,14). The molecule has 3 N–H and O–H groups in total. The van der Waals surface area contributed by atoms with Crippen molar-refractivity contribution in [2.45, 2.75) is 58.2 Å². The minimum atomic E-state index is -1.32. The van der Waals surface area contributed by atoms with Crippen LogP contribution in [0.5, 0.6) is 0 Å². The van der Waals surface area contributed by atoms with Gasteiger partial charge in [0.05, 0.1) is 18.1 Å². The van der Waals surface area contributed by atoms with Crippen molar-refractivity contribution in [2.75, 3.05) is 0 Å². The number of carboxylic acid groups (broad SMARTS) is 1. The Kier molecular flexibility index (Phi) is 5.83. The van der Waals surface area contributed by atoms with Gasteiger partial charge in [-0.25, -0.2) is 0 Å². The number of rotatable bonds is 7. The molecule has 0 aromatic heterocycles. The van der Waals surface area contributed by atoms with E-state index in [1.54, 1.807) is 0 Å². The van der Waals surface area contributed by atoms with E-state index in [-0.39, 0.29) is 12.8 Å². The van der Waals surface area contributed by atoms with Crippen LogP contribution in [0.2, 0.25) is 0 Å². The largest absolute Gasteiger partial charge is 0.481 e. The fourth-order valence-electron chi connectivity index (χ4n) is 1.53. The zero-order chi connectivity index (χ0) is 12.1. The van der Waals surface area contributed by atoms with Crippen LogP contribution in [0.1, 0.15) is 46.5 Å². The molecule has 0 aliphatic carbocycles. The van der Waals surface area contributed by atoms with Crippen LogP contribution < -0.4 is 0 Å². The van der Waals surface area contributed by atoms with Crippen LogP contribution in [0.3, 0.4) is 0 Å². The number of carbonyl (C=O) groups is 1. The van der Waals surface area contributed by atoms with Gasteiger partial charge in [-0.15, -0.1) is 0 Å². The van der Waals surface area contributed by atoms with E-state index in [4.69, 9.17) is 5.11 Å². The number of hydrogen-bond donors (Lipinski definition) is 3. The molecule has 0 saturated heterocycles. The Bertz CT molecular complexity index is 199. The number of aliphatic hydroxyl groups excluding tert-OH is 1. The first-order valence-electron chi connectivity index (χ1n) is 5.35. The zero-order valence-electron chi connectivity index (χ0n) is 9.73. The van der Waals surface area contributed by atoms with Crippen LogP contribution in [-0.4, -0.2) is 33.0 Å². The molecule has 15 heavy (non-hydrogen) atoms. The first-order chi connectivity index (χ1) is 6.73. The highest BCUT2D eigenvalue weighted by Gasteiger charge is 2.27. The minimum Gasteiger partial charge on any atom is -0.481 e. The maximum Gasteiger partial charge on any atom is 0.306 e. The van der Waals surface area contributed by atoms with E-state index >= 15 is 0 Å². The average molecular weight is 218 g/mol. The van der Waals surface area contributed by atoms with Crippen LogP contribution in [0.4, 0.5) is 0 Å². The highest BCUT2D eigenvalue weighted by Crippen LogP contribution is 2.20. The van der Waals surface area contributed by atoms with Crippen molar-refractivity contribution in [2.24, 2.45) is 5.92 Å². The van der Waals surface area contributed by atoms with E-state index in [1.165, 1.54) is 6.92 Å². The Morgan fingerprint density at radius 3 is 2.27 bits per heavy atom. The van der Waals surface area contributed by atoms with Gasteiger partial charge in [0.2, 0.25) is 0 Å². The first kappa shape index (κ1) is 14.4. The Balaban J connectivity index is 3.92. The lowest BCUT2D eigenvalue weighted by Gasteiger charge is -2.24. The fourth-order valence-corrected chi connectivity index (χ4v) is 1.53. The molecule has 0 bridgehead atoms. The summed E-state index contributed by atoms with van der Waals surface area (Å²) in [4.78, 5) is 10.4. The topological polar surface area (TPSA) is 77.8 Å². The molecule has 0 heterocycles. The lowest BCUT2D eigenvalue weighted by molar-refractivity contribution is -0.142. The van der Waals surface area contributed by atoms with E-state index in [0.29, 0.717) is 12.3 Å².